The predicted octanol–water partition coefficient (Wildman–Crippen LogP) is 4.16. The van der Waals surface area contributed by atoms with E-state index < -0.39 is 22.1 Å². The lowest BCUT2D eigenvalue weighted by molar-refractivity contribution is -0.274. The monoisotopic (exact) mass is 420 g/mol. The van der Waals surface area contributed by atoms with Crippen LogP contribution in [0.5, 0.6) is 5.75 Å². The van der Waals surface area contributed by atoms with Gasteiger partial charge < -0.3 is 9.64 Å². The van der Waals surface area contributed by atoms with E-state index in [0.29, 0.717) is 4.90 Å². The number of nitrogens with zero attached hydrogens (tertiary/aromatic N) is 1. The van der Waals surface area contributed by atoms with Gasteiger partial charge in [0.2, 0.25) is 0 Å². The number of ether oxygens (including phenoxy) is 1. The van der Waals surface area contributed by atoms with Crippen LogP contribution in [0.1, 0.15) is 0 Å². The van der Waals surface area contributed by atoms with Crippen molar-refractivity contribution >= 4 is 32.7 Å². The molecular formula is C16H15F3N2O4S2. The first-order chi connectivity index (χ1) is 12.5. The van der Waals surface area contributed by atoms with Gasteiger partial charge in [0.1, 0.15) is 5.75 Å². The van der Waals surface area contributed by atoms with Crippen molar-refractivity contribution in [2.45, 2.75) is 16.2 Å². The van der Waals surface area contributed by atoms with Crippen LogP contribution in [0.3, 0.4) is 0 Å². The molecule has 0 unspecified atom stereocenters. The summed E-state index contributed by atoms with van der Waals surface area (Å²) in [5, 5.41) is -0.176. The Morgan fingerprint density at radius 1 is 1.04 bits per heavy atom. The van der Waals surface area contributed by atoms with E-state index in [1.165, 1.54) is 17.0 Å². The minimum atomic E-state index is -4.85. The van der Waals surface area contributed by atoms with Crippen molar-refractivity contribution in [2.75, 3.05) is 18.8 Å². The maximum atomic E-state index is 12.3. The molecule has 2 rings (SSSR count). The second-order valence-electron chi connectivity index (χ2n) is 5.41. The maximum Gasteiger partial charge on any atom is 0.573 e. The molecule has 6 nitrogen and oxygen atoms in total. The van der Waals surface area contributed by atoms with Gasteiger partial charge in [0, 0.05) is 24.7 Å². The molecule has 11 heteroatoms. The molecule has 0 bridgehead atoms. The van der Waals surface area contributed by atoms with Crippen molar-refractivity contribution in [3.8, 4) is 5.75 Å². The highest BCUT2D eigenvalue weighted by atomic mass is 32.2. The standard InChI is InChI=1S/C16H15F3N2O4S2/c1-21(2)15(22)26-13-7-3-11(4-8-13)20-27(23,24)14-9-5-12(6-10-14)25-16(17,18)19/h3-10,20H,1-2H3. The first kappa shape index (κ1) is 20.9. The number of sulfonamides is 1. The molecule has 0 saturated carbocycles. The molecule has 1 amide bonds. The van der Waals surface area contributed by atoms with Crippen LogP contribution in [-0.2, 0) is 10.0 Å². The molecule has 0 fully saturated rings. The van der Waals surface area contributed by atoms with Crippen molar-refractivity contribution in [2.24, 2.45) is 0 Å². The van der Waals surface area contributed by atoms with E-state index in [4.69, 9.17) is 0 Å². The van der Waals surface area contributed by atoms with Crippen LogP contribution in [0.4, 0.5) is 23.7 Å². The fourth-order valence-electron chi connectivity index (χ4n) is 1.82. The minimum Gasteiger partial charge on any atom is -0.406 e. The quantitative estimate of drug-likeness (QED) is 0.735. The van der Waals surface area contributed by atoms with Gasteiger partial charge in [-0.05, 0) is 60.3 Å². The number of carbonyl (C=O) groups is 1. The van der Waals surface area contributed by atoms with Gasteiger partial charge in [-0.2, -0.15) is 0 Å². The fraction of sp³-hybridized carbons (Fsp3) is 0.188. The van der Waals surface area contributed by atoms with E-state index in [9.17, 15) is 26.4 Å². The first-order valence-corrected chi connectivity index (χ1v) is 9.64. The van der Waals surface area contributed by atoms with E-state index >= 15 is 0 Å². The Kier molecular flexibility index (Phi) is 6.26. The minimum absolute atomic E-state index is 0.176. The Hall–Kier alpha value is -2.40. The predicted molar refractivity (Wildman–Crippen MR) is 95.3 cm³/mol. The summed E-state index contributed by atoms with van der Waals surface area (Å²) in [7, 11) is -0.764. The van der Waals surface area contributed by atoms with Gasteiger partial charge in [0.25, 0.3) is 15.3 Å². The molecule has 0 atom stereocenters. The molecular weight excluding hydrogens is 405 g/mol. The van der Waals surface area contributed by atoms with E-state index in [-0.39, 0.29) is 15.8 Å². The molecule has 0 aliphatic rings. The van der Waals surface area contributed by atoms with E-state index in [2.05, 4.69) is 9.46 Å². The summed E-state index contributed by atoms with van der Waals surface area (Å²) in [6, 6.07) is 9.93. The van der Waals surface area contributed by atoms with Crippen LogP contribution in [0.25, 0.3) is 0 Å². The van der Waals surface area contributed by atoms with Gasteiger partial charge in [-0.1, -0.05) is 0 Å². The summed E-state index contributed by atoms with van der Waals surface area (Å²) in [6.45, 7) is 0. The smallest absolute Gasteiger partial charge is 0.406 e. The second kappa shape index (κ2) is 8.09. The van der Waals surface area contributed by atoms with Gasteiger partial charge in [-0.3, -0.25) is 9.52 Å². The van der Waals surface area contributed by atoms with Crippen LogP contribution in [0.15, 0.2) is 58.3 Å². The number of alkyl halides is 3. The molecule has 2 aromatic rings. The number of carbonyl (C=O) groups excluding carboxylic acids is 1. The van der Waals surface area contributed by atoms with Crippen molar-refractivity contribution in [1.29, 1.82) is 0 Å². The Morgan fingerprint density at radius 2 is 1.59 bits per heavy atom. The highest BCUT2D eigenvalue weighted by Gasteiger charge is 2.31. The van der Waals surface area contributed by atoms with Crippen LogP contribution in [0, 0.1) is 0 Å². The van der Waals surface area contributed by atoms with Crippen molar-refractivity contribution in [3.63, 3.8) is 0 Å². The molecule has 0 radical (unpaired) electrons. The molecule has 146 valence electrons. The third kappa shape index (κ3) is 6.36. The lowest BCUT2D eigenvalue weighted by Gasteiger charge is -2.11. The van der Waals surface area contributed by atoms with Crippen molar-refractivity contribution in [1.82, 2.24) is 4.90 Å². The topological polar surface area (TPSA) is 75.7 Å². The van der Waals surface area contributed by atoms with Crippen molar-refractivity contribution in [3.05, 3.63) is 48.5 Å². The Labute approximate surface area is 158 Å². The first-order valence-electron chi connectivity index (χ1n) is 7.34. The summed E-state index contributed by atoms with van der Waals surface area (Å²) < 4.78 is 67.1. The van der Waals surface area contributed by atoms with Crippen LogP contribution in [-0.4, -0.2) is 39.0 Å². The van der Waals surface area contributed by atoms with E-state index in [0.717, 1.165) is 36.0 Å². The molecule has 0 aliphatic carbocycles. The summed E-state index contributed by atoms with van der Waals surface area (Å²) >= 11 is 0.985. The number of hydrogen-bond donors (Lipinski definition) is 1. The average molecular weight is 420 g/mol. The van der Waals surface area contributed by atoms with Crippen LogP contribution >= 0.6 is 11.8 Å². The number of rotatable bonds is 5. The maximum absolute atomic E-state index is 12.3. The van der Waals surface area contributed by atoms with Gasteiger partial charge in [0.15, 0.2) is 0 Å². The lowest BCUT2D eigenvalue weighted by Crippen LogP contribution is -2.17. The normalized spacial score (nSPS) is 11.7. The summed E-state index contributed by atoms with van der Waals surface area (Å²) in [4.78, 5) is 13.4. The molecule has 0 aromatic heterocycles. The number of thioether (sulfide) groups is 1. The molecule has 1 N–H and O–H groups in total. The molecule has 0 spiro atoms. The Bertz CT molecular complexity index is 897. The second-order valence-corrected chi connectivity index (χ2v) is 8.12. The third-order valence-corrected chi connectivity index (χ3v) is 5.49. The fourth-order valence-corrected chi connectivity index (χ4v) is 3.53. The molecule has 2 aromatic carbocycles. The van der Waals surface area contributed by atoms with Gasteiger partial charge >= 0.3 is 6.36 Å². The number of anilines is 1. The van der Waals surface area contributed by atoms with Gasteiger partial charge in [-0.15, -0.1) is 13.2 Å². The number of halogens is 3. The third-order valence-electron chi connectivity index (χ3n) is 3.04. The summed E-state index contributed by atoms with van der Waals surface area (Å²) in [5.41, 5.74) is 0.243. The summed E-state index contributed by atoms with van der Waals surface area (Å²) in [5.74, 6) is -0.520. The number of hydrogen-bond acceptors (Lipinski definition) is 5. The van der Waals surface area contributed by atoms with E-state index in [1.54, 1.807) is 26.2 Å². The Morgan fingerprint density at radius 3 is 2.07 bits per heavy atom. The van der Waals surface area contributed by atoms with Gasteiger partial charge in [0.05, 0.1) is 4.90 Å². The lowest BCUT2D eigenvalue weighted by atomic mass is 10.3. The molecule has 0 saturated heterocycles. The van der Waals surface area contributed by atoms with Gasteiger partial charge in [-0.25, -0.2) is 8.42 Å². The number of nitrogens with one attached hydrogen (secondary N) is 1. The highest BCUT2D eigenvalue weighted by Crippen LogP contribution is 2.26. The largest absolute Gasteiger partial charge is 0.573 e. The molecule has 0 aliphatic heterocycles. The summed E-state index contributed by atoms with van der Waals surface area (Å²) in [6.07, 6.45) is -4.85. The van der Waals surface area contributed by atoms with Crippen LogP contribution in [0.2, 0.25) is 0 Å². The zero-order chi connectivity index (χ0) is 20.2. The molecule has 0 heterocycles. The average Bonchev–Trinajstić information content (AvgIpc) is 2.55. The Balaban J connectivity index is 2.08. The van der Waals surface area contributed by atoms with E-state index in [1.807, 2.05) is 0 Å². The van der Waals surface area contributed by atoms with Crippen LogP contribution < -0.4 is 9.46 Å². The number of benzene rings is 2. The zero-order valence-electron chi connectivity index (χ0n) is 14.1. The highest BCUT2D eigenvalue weighted by molar-refractivity contribution is 8.13. The van der Waals surface area contributed by atoms with Crippen molar-refractivity contribution < 1.29 is 31.1 Å². The number of amides is 1. The zero-order valence-corrected chi connectivity index (χ0v) is 15.8. The molecule has 27 heavy (non-hydrogen) atoms. The SMILES string of the molecule is CN(C)C(=O)Sc1ccc(NS(=O)(=O)c2ccc(OC(F)(F)F)cc2)cc1.